The fraction of sp³-hybridized carbons (Fsp3) is 0.200. The summed E-state index contributed by atoms with van der Waals surface area (Å²) in [4.78, 5) is 0. The number of nitrogens with zero attached hydrogens (tertiary/aromatic N) is 1. The summed E-state index contributed by atoms with van der Waals surface area (Å²) in [5.41, 5.74) is 1.17. The van der Waals surface area contributed by atoms with E-state index in [4.69, 9.17) is 4.74 Å². The molecule has 0 amide bonds. The van der Waals surface area contributed by atoms with Crippen LogP contribution in [0.5, 0.6) is 0 Å². The number of hydrogen-bond acceptors (Lipinski definition) is 1. The number of halogens is 1. The van der Waals surface area contributed by atoms with Gasteiger partial charge in [-0.3, -0.25) is 0 Å². The van der Waals surface area contributed by atoms with Crippen molar-refractivity contribution < 1.29 is 21.7 Å². The summed E-state index contributed by atoms with van der Waals surface area (Å²) in [6.45, 7) is 0.587. The fourth-order valence-electron chi connectivity index (χ4n) is 1.31. The summed E-state index contributed by atoms with van der Waals surface area (Å²) >= 11 is 0. The van der Waals surface area contributed by atoms with Crippen LogP contribution in [0, 0.1) is 6.07 Å². The zero-order valence-corrected chi connectivity index (χ0v) is 11.0. The number of methoxy groups -OCH3 is 1. The molecule has 0 aliphatic heterocycles. The molecule has 0 aliphatic carbocycles. The van der Waals surface area contributed by atoms with Crippen LogP contribution < -0.4 is 17.0 Å². The molecule has 0 radical (unpaired) electrons. The summed E-state index contributed by atoms with van der Waals surface area (Å²) in [6, 6.07) is 11.3. The number of aromatic nitrogens is 1. The van der Waals surface area contributed by atoms with Gasteiger partial charge in [0.1, 0.15) is 6.73 Å². The fourth-order valence-corrected chi connectivity index (χ4v) is 1.31. The van der Waals surface area contributed by atoms with Crippen LogP contribution in [0.15, 0.2) is 30.5 Å². The van der Waals surface area contributed by atoms with Gasteiger partial charge < -0.3 is 26.3 Å². The molecule has 1 aromatic carbocycles. The van der Waals surface area contributed by atoms with Gasteiger partial charge in [0, 0.05) is 7.11 Å². The quantitative estimate of drug-likeness (QED) is 0.484. The van der Waals surface area contributed by atoms with Gasteiger partial charge >= 0.3 is 23.1 Å². The second-order valence-electron chi connectivity index (χ2n) is 2.68. The molecule has 2 nitrogen and oxygen atoms in total. The van der Waals surface area contributed by atoms with Gasteiger partial charge in [0.2, 0.25) is 0 Å². The van der Waals surface area contributed by atoms with E-state index in [9.17, 15) is 0 Å². The molecule has 1 aromatic heterocycles. The number of benzene rings is 1. The van der Waals surface area contributed by atoms with Crippen molar-refractivity contribution in [3.05, 3.63) is 36.5 Å². The van der Waals surface area contributed by atoms with E-state index in [1.165, 1.54) is 5.52 Å². The minimum atomic E-state index is 0. The molecule has 2 aromatic rings. The van der Waals surface area contributed by atoms with Gasteiger partial charge in [-0.05, 0) is 0 Å². The van der Waals surface area contributed by atoms with Gasteiger partial charge in [-0.25, -0.2) is 0 Å². The molecule has 0 fully saturated rings. The molecule has 70 valence electrons. The third-order valence-electron chi connectivity index (χ3n) is 1.86. The summed E-state index contributed by atoms with van der Waals surface area (Å²) in [5, 5.41) is 1.13. The molecule has 4 heteroatoms. The van der Waals surface area contributed by atoms with Crippen molar-refractivity contribution in [2.24, 2.45) is 0 Å². The Bertz CT molecular complexity index is 388. The number of ether oxygens (including phenoxy) is 1. The minimum Gasteiger partial charge on any atom is -1.00 e. The van der Waals surface area contributed by atoms with E-state index in [1.54, 1.807) is 7.11 Å². The monoisotopic (exact) mass is 263 g/mol. The zero-order valence-electron chi connectivity index (χ0n) is 8.03. The van der Waals surface area contributed by atoms with Gasteiger partial charge in [-0.2, -0.15) is 17.5 Å². The van der Waals surface area contributed by atoms with E-state index >= 15 is 0 Å². The van der Waals surface area contributed by atoms with Crippen LogP contribution in [0.4, 0.5) is 0 Å². The Labute approximate surface area is 110 Å². The van der Waals surface area contributed by atoms with Gasteiger partial charge in [-0.1, -0.05) is 23.8 Å². The maximum atomic E-state index is 5.04. The molecule has 0 N–H and O–H groups in total. The Morgan fingerprint density at radius 2 is 2.07 bits per heavy atom. The third-order valence-corrected chi connectivity index (χ3v) is 1.86. The van der Waals surface area contributed by atoms with Crippen molar-refractivity contribution in [1.29, 1.82) is 0 Å². The maximum absolute atomic E-state index is 5.04. The van der Waals surface area contributed by atoms with Crippen LogP contribution in [0.1, 0.15) is 0 Å². The molecule has 0 saturated carbocycles. The Morgan fingerprint density at radius 3 is 2.79 bits per heavy atom. The summed E-state index contributed by atoms with van der Waals surface area (Å²) in [7, 11) is 1.69. The predicted octanol–water partition coefficient (Wildman–Crippen LogP) is -1.33. The van der Waals surface area contributed by atoms with E-state index < -0.39 is 0 Å². The first-order valence-corrected chi connectivity index (χ1v) is 3.86. The predicted molar refractivity (Wildman–Crippen MR) is 53.5 cm³/mol. The molecule has 0 aliphatic rings. The summed E-state index contributed by atoms with van der Waals surface area (Å²) in [6.07, 6.45) is 1.91. The van der Waals surface area contributed by atoms with Crippen LogP contribution in [0.25, 0.3) is 10.9 Å². The molecule has 0 spiro atoms. The first-order valence-electron chi connectivity index (χ1n) is 3.86. The zero-order chi connectivity index (χ0) is 8.39. The smallest absolute Gasteiger partial charge is 1.00 e. The average Bonchev–Trinajstić information content (AvgIpc) is 2.50. The molecule has 0 atom stereocenters. The van der Waals surface area contributed by atoms with Crippen molar-refractivity contribution in [3.63, 3.8) is 0 Å². The topological polar surface area (TPSA) is 14.2 Å². The van der Waals surface area contributed by atoms with Gasteiger partial charge in [0.15, 0.2) is 0 Å². The maximum Gasteiger partial charge on any atom is 2.00 e. The molecule has 1 heterocycles. The van der Waals surface area contributed by atoms with Crippen molar-refractivity contribution in [1.82, 2.24) is 4.57 Å². The molecular weight excluding hydrogens is 254 g/mol. The second kappa shape index (κ2) is 6.45. The second-order valence-corrected chi connectivity index (χ2v) is 2.68. The Hall–Kier alpha value is -0.0338. The first kappa shape index (κ1) is 14.0. The van der Waals surface area contributed by atoms with Crippen LogP contribution in [0.3, 0.4) is 0 Å². The van der Waals surface area contributed by atoms with E-state index in [-0.39, 0.29) is 40.0 Å². The summed E-state index contributed by atoms with van der Waals surface area (Å²) < 4.78 is 7.06. The number of hydrogen-bond donors (Lipinski definition) is 0. The minimum absolute atomic E-state index is 0. The first-order chi connectivity index (χ1) is 5.92. The van der Waals surface area contributed by atoms with Crippen molar-refractivity contribution in [2.75, 3.05) is 7.11 Å². The Kier molecular flexibility index (Phi) is 6.43. The van der Waals surface area contributed by atoms with Crippen LogP contribution in [-0.4, -0.2) is 34.7 Å². The molecule has 0 saturated heterocycles. The molecule has 0 unspecified atom stereocenters. The molecule has 0 bridgehead atoms. The van der Waals surface area contributed by atoms with Gasteiger partial charge in [0.05, 0.1) is 0 Å². The van der Waals surface area contributed by atoms with Crippen molar-refractivity contribution in [3.8, 4) is 0 Å². The van der Waals surface area contributed by atoms with E-state index in [0.29, 0.717) is 6.73 Å². The number of rotatable bonds is 2. The van der Waals surface area contributed by atoms with E-state index in [2.05, 4.69) is 12.1 Å². The van der Waals surface area contributed by atoms with Crippen LogP contribution in [-0.2, 0) is 11.5 Å². The summed E-state index contributed by atoms with van der Waals surface area (Å²) in [5.74, 6) is 0. The van der Waals surface area contributed by atoms with E-state index in [1.807, 2.05) is 29.0 Å². The van der Waals surface area contributed by atoms with Crippen LogP contribution >= 0.6 is 0 Å². The van der Waals surface area contributed by atoms with E-state index in [0.717, 1.165) is 5.39 Å². The third kappa shape index (κ3) is 2.73. The SMILES string of the molecule is COCn1c[c-]c2ccccc21.[Br-].[Mg+2]. The molecule has 2 rings (SSSR count). The van der Waals surface area contributed by atoms with Crippen molar-refractivity contribution >= 4 is 34.0 Å². The van der Waals surface area contributed by atoms with Gasteiger partial charge in [0.25, 0.3) is 0 Å². The van der Waals surface area contributed by atoms with Crippen LogP contribution in [0.2, 0.25) is 0 Å². The van der Waals surface area contributed by atoms with Crippen molar-refractivity contribution in [2.45, 2.75) is 6.73 Å². The molecular formula is C10H10BrMgNO. The number of fused-ring (bicyclic) bond motifs is 1. The number of para-hydroxylation sites is 1. The standard InChI is InChI=1S/C10H10NO.BrH.Mg/c1-12-8-11-7-6-9-4-2-3-5-10(9)11;;/h2-5,7H,8H2,1H3;1H;/q-1;;+2/p-1. The Balaban J connectivity index is 0.000000845. The van der Waals surface area contributed by atoms with Gasteiger partial charge in [-0.15, -0.1) is 6.07 Å². The average molecular weight is 264 g/mol. The normalized spacial score (nSPS) is 9.21. The molecule has 14 heavy (non-hydrogen) atoms. The Morgan fingerprint density at radius 1 is 1.36 bits per heavy atom. The largest absolute Gasteiger partial charge is 2.00 e.